The molecule has 0 amide bonds. The van der Waals surface area contributed by atoms with Crippen molar-refractivity contribution in [2.75, 3.05) is 0 Å². The van der Waals surface area contributed by atoms with Gasteiger partial charge in [-0.2, -0.15) is 0 Å². The van der Waals surface area contributed by atoms with Crippen molar-refractivity contribution in [2.24, 2.45) is 0 Å². The maximum Gasteiger partial charge on any atom is 0.130 e. The summed E-state index contributed by atoms with van der Waals surface area (Å²) in [5, 5.41) is 0. The summed E-state index contributed by atoms with van der Waals surface area (Å²) in [5.41, 5.74) is 6.77. The smallest absolute Gasteiger partial charge is 0.130 e. The van der Waals surface area contributed by atoms with Crippen LogP contribution in [0.2, 0.25) is 0 Å². The Labute approximate surface area is 92.6 Å². The molecule has 0 aromatic heterocycles. The van der Waals surface area contributed by atoms with E-state index in [-0.39, 0.29) is 5.78 Å². The van der Waals surface area contributed by atoms with Gasteiger partial charge < -0.3 is 4.79 Å². The standard InChI is InChI=1S/C14H20O/c1-9(6-7-11(3)15)14-8-10(2)12(4)13(14)5/h8H,6-7H2,1-5H3/b14-9-. The van der Waals surface area contributed by atoms with E-state index in [0.717, 1.165) is 6.42 Å². The van der Waals surface area contributed by atoms with Crippen molar-refractivity contribution in [3.63, 3.8) is 0 Å². The summed E-state index contributed by atoms with van der Waals surface area (Å²) >= 11 is 0. The minimum Gasteiger partial charge on any atom is -0.300 e. The predicted molar refractivity (Wildman–Crippen MR) is 64.7 cm³/mol. The highest BCUT2D eigenvalue weighted by molar-refractivity contribution is 5.75. The molecule has 0 fully saturated rings. The Morgan fingerprint density at radius 3 is 2.07 bits per heavy atom. The lowest BCUT2D eigenvalue weighted by Crippen LogP contribution is -1.93. The van der Waals surface area contributed by atoms with Crippen LogP contribution in [0.25, 0.3) is 0 Å². The van der Waals surface area contributed by atoms with Crippen molar-refractivity contribution < 1.29 is 4.79 Å². The van der Waals surface area contributed by atoms with Gasteiger partial charge in [0.25, 0.3) is 0 Å². The summed E-state index contributed by atoms with van der Waals surface area (Å²) in [6.45, 7) is 10.2. The monoisotopic (exact) mass is 204 g/mol. The molecule has 0 heterocycles. The molecular formula is C14H20O. The van der Waals surface area contributed by atoms with Gasteiger partial charge in [0.05, 0.1) is 0 Å². The topological polar surface area (TPSA) is 17.1 Å². The molecule has 1 rings (SSSR count). The van der Waals surface area contributed by atoms with Crippen molar-refractivity contribution in [3.05, 3.63) is 33.9 Å². The molecule has 1 nitrogen and oxygen atoms in total. The molecule has 0 saturated carbocycles. The first-order chi connectivity index (χ1) is 6.93. The van der Waals surface area contributed by atoms with Crippen LogP contribution in [0.4, 0.5) is 0 Å². The molecule has 0 aromatic carbocycles. The summed E-state index contributed by atoms with van der Waals surface area (Å²) in [6.07, 6.45) is 3.79. The maximum absolute atomic E-state index is 10.9. The Hall–Kier alpha value is -1.11. The normalized spacial score (nSPS) is 19.4. The van der Waals surface area contributed by atoms with Gasteiger partial charge in [-0.1, -0.05) is 11.6 Å². The molecule has 0 spiro atoms. The van der Waals surface area contributed by atoms with Crippen molar-refractivity contribution >= 4 is 5.78 Å². The van der Waals surface area contributed by atoms with E-state index in [9.17, 15) is 4.79 Å². The van der Waals surface area contributed by atoms with Crippen LogP contribution < -0.4 is 0 Å². The number of carbonyl (C=O) groups excluding carboxylic acids is 1. The summed E-state index contributed by atoms with van der Waals surface area (Å²) in [6, 6.07) is 0. The molecule has 0 aromatic rings. The Bertz CT molecular complexity index is 378. The van der Waals surface area contributed by atoms with Crippen LogP contribution in [0, 0.1) is 0 Å². The first kappa shape index (κ1) is 12.0. The molecule has 15 heavy (non-hydrogen) atoms. The molecule has 0 bridgehead atoms. The molecule has 82 valence electrons. The van der Waals surface area contributed by atoms with E-state index in [1.807, 2.05) is 0 Å². The predicted octanol–water partition coefficient (Wildman–Crippen LogP) is 3.97. The van der Waals surface area contributed by atoms with Crippen LogP contribution in [0.3, 0.4) is 0 Å². The van der Waals surface area contributed by atoms with E-state index in [4.69, 9.17) is 0 Å². The van der Waals surface area contributed by atoms with Gasteiger partial charge in [-0.05, 0) is 63.3 Å². The molecule has 1 heteroatoms. The van der Waals surface area contributed by atoms with Crippen molar-refractivity contribution in [2.45, 2.75) is 47.5 Å². The largest absolute Gasteiger partial charge is 0.300 e. The highest BCUT2D eigenvalue weighted by atomic mass is 16.1. The van der Waals surface area contributed by atoms with Crippen molar-refractivity contribution in [1.29, 1.82) is 0 Å². The van der Waals surface area contributed by atoms with E-state index in [0.29, 0.717) is 6.42 Å². The highest BCUT2D eigenvalue weighted by Gasteiger charge is 2.13. The van der Waals surface area contributed by atoms with E-state index >= 15 is 0 Å². The summed E-state index contributed by atoms with van der Waals surface area (Å²) in [7, 11) is 0. The van der Waals surface area contributed by atoms with E-state index in [1.54, 1.807) is 6.92 Å². The molecule has 1 aliphatic rings. The fourth-order valence-corrected chi connectivity index (χ4v) is 1.87. The number of carbonyl (C=O) groups is 1. The number of allylic oxidation sites excluding steroid dienone is 6. The van der Waals surface area contributed by atoms with Gasteiger partial charge in [0.1, 0.15) is 5.78 Å². The molecule has 0 unspecified atom stereocenters. The van der Waals surface area contributed by atoms with Crippen LogP contribution in [0.1, 0.15) is 47.5 Å². The van der Waals surface area contributed by atoms with Crippen LogP contribution in [-0.4, -0.2) is 5.78 Å². The van der Waals surface area contributed by atoms with Crippen LogP contribution in [-0.2, 0) is 4.79 Å². The van der Waals surface area contributed by atoms with Gasteiger partial charge in [0.15, 0.2) is 0 Å². The zero-order valence-electron chi connectivity index (χ0n) is 10.4. The van der Waals surface area contributed by atoms with Gasteiger partial charge in [-0.25, -0.2) is 0 Å². The summed E-state index contributed by atoms with van der Waals surface area (Å²) in [5.74, 6) is 0.270. The number of hydrogen-bond donors (Lipinski definition) is 0. The molecule has 0 atom stereocenters. The summed E-state index contributed by atoms with van der Waals surface area (Å²) in [4.78, 5) is 10.9. The van der Waals surface area contributed by atoms with Gasteiger partial charge in [0.2, 0.25) is 0 Å². The third kappa shape index (κ3) is 2.68. The molecule has 1 aliphatic carbocycles. The zero-order valence-corrected chi connectivity index (χ0v) is 10.4. The second-order valence-electron chi connectivity index (χ2n) is 4.47. The lowest BCUT2D eigenvalue weighted by Gasteiger charge is -2.06. The second-order valence-corrected chi connectivity index (χ2v) is 4.47. The number of ketones is 1. The highest BCUT2D eigenvalue weighted by Crippen LogP contribution is 2.32. The third-order valence-electron chi connectivity index (χ3n) is 3.23. The summed E-state index contributed by atoms with van der Waals surface area (Å²) < 4.78 is 0. The lowest BCUT2D eigenvalue weighted by molar-refractivity contribution is -0.116. The van der Waals surface area contributed by atoms with E-state index < -0.39 is 0 Å². The van der Waals surface area contributed by atoms with Gasteiger partial charge in [-0.15, -0.1) is 0 Å². The quantitative estimate of drug-likeness (QED) is 0.680. The fraction of sp³-hybridized carbons (Fsp3) is 0.500. The number of rotatable bonds is 3. The van der Waals surface area contributed by atoms with Gasteiger partial charge >= 0.3 is 0 Å². The first-order valence-corrected chi connectivity index (χ1v) is 5.49. The van der Waals surface area contributed by atoms with Gasteiger partial charge in [-0.3, -0.25) is 0 Å². The minimum atomic E-state index is 0.270. The molecule has 0 radical (unpaired) electrons. The molecule has 0 N–H and O–H groups in total. The zero-order chi connectivity index (χ0) is 11.6. The Balaban J connectivity index is 2.89. The van der Waals surface area contributed by atoms with Crippen LogP contribution in [0.5, 0.6) is 0 Å². The average molecular weight is 204 g/mol. The molecule has 0 saturated heterocycles. The number of hydrogen-bond acceptors (Lipinski definition) is 1. The minimum absolute atomic E-state index is 0.270. The number of Topliss-reactive ketones (excluding diaryl/α,β-unsaturated/α-hetero) is 1. The second kappa shape index (κ2) is 4.61. The van der Waals surface area contributed by atoms with Gasteiger partial charge in [0, 0.05) is 6.42 Å². The Morgan fingerprint density at radius 1 is 1.07 bits per heavy atom. The van der Waals surface area contributed by atoms with Crippen molar-refractivity contribution in [1.82, 2.24) is 0 Å². The maximum atomic E-state index is 10.9. The molecule has 0 aliphatic heterocycles. The average Bonchev–Trinajstić information content (AvgIpc) is 2.42. The first-order valence-electron chi connectivity index (χ1n) is 5.49. The SMILES string of the molecule is CC(=O)CC/C(C)=C1/C=C(C)C(C)=C1C. The lowest BCUT2D eigenvalue weighted by atomic mass is 9.99. The Kier molecular flexibility index (Phi) is 3.67. The van der Waals surface area contributed by atoms with Crippen LogP contribution >= 0.6 is 0 Å². The van der Waals surface area contributed by atoms with Crippen molar-refractivity contribution in [3.8, 4) is 0 Å². The molecular weight excluding hydrogens is 184 g/mol. The third-order valence-corrected chi connectivity index (χ3v) is 3.23. The Morgan fingerprint density at radius 2 is 1.67 bits per heavy atom. The fourth-order valence-electron chi connectivity index (χ4n) is 1.87. The van der Waals surface area contributed by atoms with Crippen LogP contribution in [0.15, 0.2) is 33.9 Å². The van der Waals surface area contributed by atoms with E-state index in [2.05, 4.69) is 33.8 Å². The van der Waals surface area contributed by atoms with E-state index in [1.165, 1.54) is 27.9 Å².